The van der Waals surface area contributed by atoms with Gasteiger partial charge in [0.05, 0.1) is 17.3 Å². The van der Waals surface area contributed by atoms with Crippen LogP contribution in [0, 0.1) is 0 Å². The fraction of sp³-hybridized carbons (Fsp3) is 0.235. The third kappa shape index (κ3) is 3.47. The van der Waals surface area contributed by atoms with Gasteiger partial charge in [0, 0.05) is 23.3 Å². The van der Waals surface area contributed by atoms with E-state index in [9.17, 15) is 18.0 Å². The van der Waals surface area contributed by atoms with E-state index in [4.69, 9.17) is 0 Å². The molecule has 130 valence electrons. The molecule has 0 fully saturated rings. The molecule has 0 saturated carbocycles. The molecule has 1 aromatic carbocycles. The van der Waals surface area contributed by atoms with E-state index in [1.807, 2.05) is 13.8 Å². The molecule has 25 heavy (non-hydrogen) atoms. The first-order valence-electron chi connectivity index (χ1n) is 7.57. The number of nitrogens with zero attached hydrogens (tertiary/aromatic N) is 3. The predicted octanol–water partition coefficient (Wildman–Crippen LogP) is 4.28. The van der Waals surface area contributed by atoms with E-state index in [1.54, 1.807) is 16.9 Å². The molecule has 0 aliphatic rings. The average Bonchev–Trinajstić information content (AvgIpc) is 2.97. The number of fused-ring (bicyclic) bond motifs is 1. The third-order valence-electron chi connectivity index (χ3n) is 3.65. The second-order valence-electron chi connectivity index (χ2n) is 5.85. The van der Waals surface area contributed by atoms with Gasteiger partial charge < -0.3 is 5.32 Å². The summed E-state index contributed by atoms with van der Waals surface area (Å²) in [5.41, 5.74) is 0.474. The first-order valence-corrected chi connectivity index (χ1v) is 7.57. The van der Waals surface area contributed by atoms with Gasteiger partial charge in [0.1, 0.15) is 0 Å². The molecule has 0 unspecified atom stereocenters. The van der Waals surface area contributed by atoms with Crippen molar-refractivity contribution in [2.45, 2.75) is 26.1 Å². The maximum Gasteiger partial charge on any atom is 0.416 e. The molecule has 2 aromatic heterocycles. The zero-order valence-electron chi connectivity index (χ0n) is 13.5. The largest absolute Gasteiger partial charge is 0.416 e. The van der Waals surface area contributed by atoms with Crippen molar-refractivity contribution >= 4 is 22.6 Å². The summed E-state index contributed by atoms with van der Waals surface area (Å²) in [4.78, 5) is 16.5. The van der Waals surface area contributed by atoms with Gasteiger partial charge in [0.2, 0.25) is 0 Å². The smallest absolute Gasteiger partial charge is 0.322 e. The molecular weight excluding hydrogens is 333 g/mol. The molecule has 2 heterocycles. The lowest BCUT2D eigenvalue weighted by molar-refractivity contribution is -0.137. The molecule has 1 N–H and O–H groups in total. The first-order chi connectivity index (χ1) is 11.8. The van der Waals surface area contributed by atoms with Crippen molar-refractivity contribution in [1.82, 2.24) is 14.8 Å². The predicted molar refractivity (Wildman–Crippen MR) is 87.3 cm³/mol. The maximum absolute atomic E-state index is 12.6. The van der Waals surface area contributed by atoms with Gasteiger partial charge in [0.15, 0.2) is 5.65 Å². The molecular formula is C17H15F3N4O. The van der Waals surface area contributed by atoms with Crippen molar-refractivity contribution in [3.63, 3.8) is 0 Å². The Hall–Kier alpha value is -2.90. The highest BCUT2D eigenvalue weighted by molar-refractivity contribution is 6.05. The number of hydrogen-bond donors (Lipinski definition) is 1. The molecule has 0 bridgehead atoms. The molecule has 1 amide bonds. The van der Waals surface area contributed by atoms with Crippen LogP contribution in [0.4, 0.5) is 18.9 Å². The molecule has 5 nitrogen and oxygen atoms in total. The van der Waals surface area contributed by atoms with Gasteiger partial charge in [-0.3, -0.25) is 4.79 Å². The number of carbonyl (C=O) groups is 1. The Labute approximate surface area is 141 Å². The van der Waals surface area contributed by atoms with Gasteiger partial charge >= 0.3 is 6.18 Å². The van der Waals surface area contributed by atoms with Crippen LogP contribution in [-0.2, 0) is 6.18 Å². The zero-order valence-corrected chi connectivity index (χ0v) is 13.5. The minimum Gasteiger partial charge on any atom is -0.322 e. The van der Waals surface area contributed by atoms with Crippen molar-refractivity contribution in [2.24, 2.45) is 0 Å². The summed E-state index contributed by atoms with van der Waals surface area (Å²) in [5.74, 6) is -0.452. The van der Waals surface area contributed by atoms with Gasteiger partial charge in [-0.05, 0) is 44.2 Å². The van der Waals surface area contributed by atoms with Crippen LogP contribution in [0.15, 0.2) is 42.7 Å². The third-order valence-corrected chi connectivity index (χ3v) is 3.65. The molecule has 8 heteroatoms. The molecule has 3 rings (SSSR count). The van der Waals surface area contributed by atoms with E-state index in [0.717, 1.165) is 12.1 Å². The number of halogens is 3. The highest BCUT2D eigenvalue weighted by Crippen LogP contribution is 2.29. The number of amides is 1. The van der Waals surface area contributed by atoms with Crippen molar-refractivity contribution in [3.8, 4) is 0 Å². The van der Waals surface area contributed by atoms with Crippen molar-refractivity contribution in [3.05, 3.63) is 53.9 Å². The van der Waals surface area contributed by atoms with Crippen LogP contribution in [0.5, 0.6) is 0 Å². The van der Waals surface area contributed by atoms with Crippen LogP contribution in [0.25, 0.3) is 11.0 Å². The normalized spacial score (nSPS) is 11.9. The van der Waals surface area contributed by atoms with E-state index < -0.39 is 17.6 Å². The summed E-state index contributed by atoms with van der Waals surface area (Å²) < 4.78 is 39.4. The summed E-state index contributed by atoms with van der Waals surface area (Å²) in [6.07, 6.45) is -1.37. The Morgan fingerprint density at radius 2 is 1.84 bits per heavy atom. The monoisotopic (exact) mass is 348 g/mol. The summed E-state index contributed by atoms with van der Waals surface area (Å²) in [6.45, 7) is 3.94. The van der Waals surface area contributed by atoms with Gasteiger partial charge in [-0.2, -0.15) is 18.3 Å². The minimum atomic E-state index is -4.41. The van der Waals surface area contributed by atoms with Gasteiger partial charge in [-0.15, -0.1) is 0 Å². The van der Waals surface area contributed by atoms with Gasteiger partial charge in [-0.1, -0.05) is 0 Å². The number of anilines is 1. The molecule has 0 aliphatic heterocycles. The first kappa shape index (κ1) is 16.9. The summed E-state index contributed by atoms with van der Waals surface area (Å²) in [7, 11) is 0. The van der Waals surface area contributed by atoms with E-state index in [1.165, 1.54) is 18.3 Å². The molecule has 0 saturated heterocycles. The second kappa shape index (κ2) is 6.19. The van der Waals surface area contributed by atoms with Gasteiger partial charge in [0.25, 0.3) is 5.91 Å². The molecule has 0 atom stereocenters. The topological polar surface area (TPSA) is 59.8 Å². The second-order valence-corrected chi connectivity index (χ2v) is 5.85. The van der Waals surface area contributed by atoms with Crippen LogP contribution < -0.4 is 5.32 Å². The van der Waals surface area contributed by atoms with Crippen LogP contribution in [0.1, 0.15) is 35.8 Å². The van der Waals surface area contributed by atoms with Crippen LogP contribution in [0.3, 0.4) is 0 Å². The van der Waals surface area contributed by atoms with Crippen LogP contribution in [-0.4, -0.2) is 20.7 Å². The number of hydrogen-bond acceptors (Lipinski definition) is 3. The minimum absolute atomic E-state index is 0.136. The standard InChI is InChI=1S/C17H15F3N4O/c1-10(2)24-15-11(9-22-24)7-12(8-21-15)16(25)23-14-5-3-13(4-6-14)17(18,19)20/h3-10H,1-2H3,(H,23,25). The van der Waals surface area contributed by atoms with E-state index in [0.29, 0.717) is 16.6 Å². The number of benzene rings is 1. The highest BCUT2D eigenvalue weighted by atomic mass is 19.4. The summed E-state index contributed by atoms with van der Waals surface area (Å²) in [6, 6.07) is 6.05. The lowest BCUT2D eigenvalue weighted by Gasteiger charge is -2.09. The maximum atomic E-state index is 12.6. The number of aromatic nitrogens is 3. The van der Waals surface area contributed by atoms with Crippen molar-refractivity contribution in [1.29, 1.82) is 0 Å². The van der Waals surface area contributed by atoms with E-state index in [-0.39, 0.29) is 11.7 Å². The zero-order chi connectivity index (χ0) is 18.2. The molecule has 0 radical (unpaired) electrons. The average molecular weight is 348 g/mol. The van der Waals surface area contributed by atoms with Crippen LogP contribution in [0.2, 0.25) is 0 Å². The number of rotatable bonds is 3. The number of carbonyl (C=O) groups excluding carboxylic acids is 1. The van der Waals surface area contributed by atoms with E-state index >= 15 is 0 Å². The quantitative estimate of drug-likeness (QED) is 0.768. The Morgan fingerprint density at radius 1 is 1.16 bits per heavy atom. The Balaban J connectivity index is 1.80. The lowest BCUT2D eigenvalue weighted by Crippen LogP contribution is -2.13. The number of nitrogens with one attached hydrogen (secondary N) is 1. The summed E-state index contributed by atoms with van der Waals surface area (Å²) >= 11 is 0. The highest BCUT2D eigenvalue weighted by Gasteiger charge is 2.30. The number of alkyl halides is 3. The van der Waals surface area contributed by atoms with Crippen molar-refractivity contribution in [2.75, 3.05) is 5.32 Å². The Kier molecular flexibility index (Phi) is 4.20. The molecule has 0 aliphatic carbocycles. The Morgan fingerprint density at radius 3 is 2.44 bits per heavy atom. The fourth-order valence-electron chi connectivity index (χ4n) is 2.39. The van der Waals surface area contributed by atoms with Gasteiger partial charge in [-0.25, -0.2) is 9.67 Å². The number of pyridine rings is 1. The SMILES string of the molecule is CC(C)n1ncc2cc(C(=O)Nc3ccc(C(F)(F)F)cc3)cnc21. The molecule has 0 spiro atoms. The lowest BCUT2D eigenvalue weighted by atomic mass is 10.2. The van der Waals surface area contributed by atoms with Crippen LogP contribution >= 0.6 is 0 Å². The molecule has 3 aromatic rings. The fourth-order valence-corrected chi connectivity index (χ4v) is 2.39. The Bertz CT molecular complexity index is 914. The van der Waals surface area contributed by atoms with Crippen molar-refractivity contribution < 1.29 is 18.0 Å². The summed E-state index contributed by atoms with van der Waals surface area (Å²) in [5, 5.41) is 7.50. The van der Waals surface area contributed by atoms with E-state index in [2.05, 4.69) is 15.4 Å².